The minimum absolute atomic E-state index is 0.590. The van der Waals surface area contributed by atoms with Crippen molar-refractivity contribution in [2.24, 2.45) is 17.7 Å². The Bertz CT molecular complexity index is 355. The third kappa shape index (κ3) is 3.56. The van der Waals surface area contributed by atoms with E-state index in [-0.39, 0.29) is 0 Å². The van der Waals surface area contributed by atoms with E-state index in [1.54, 1.807) is 12.4 Å². The van der Waals surface area contributed by atoms with Crippen LogP contribution in [-0.4, -0.2) is 16.5 Å². The van der Waals surface area contributed by atoms with Crippen molar-refractivity contribution in [2.45, 2.75) is 32.6 Å². The first-order valence-electron chi connectivity index (χ1n) is 6.30. The highest BCUT2D eigenvalue weighted by molar-refractivity contribution is 5.40. The number of nitrogens with two attached hydrogens (primary N) is 1. The summed E-state index contributed by atoms with van der Waals surface area (Å²) in [4.78, 5) is 8.35. The molecule has 2 unspecified atom stereocenters. The Hall–Kier alpha value is -1.36. The summed E-state index contributed by atoms with van der Waals surface area (Å²) in [5.74, 6) is 8.30. The van der Waals surface area contributed by atoms with Gasteiger partial charge in [0.1, 0.15) is 5.82 Å². The first-order valence-corrected chi connectivity index (χ1v) is 6.30. The number of aromatic nitrogens is 2. The molecule has 0 aliphatic heterocycles. The fourth-order valence-corrected chi connectivity index (χ4v) is 2.51. The molecule has 1 aromatic heterocycles. The van der Waals surface area contributed by atoms with Crippen molar-refractivity contribution in [3.8, 4) is 0 Å². The van der Waals surface area contributed by atoms with Crippen molar-refractivity contribution >= 4 is 11.6 Å². The van der Waals surface area contributed by atoms with Crippen LogP contribution in [0.4, 0.5) is 11.6 Å². The van der Waals surface area contributed by atoms with Crippen LogP contribution in [0.25, 0.3) is 0 Å². The highest BCUT2D eigenvalue weighted by Gasteiger charge is 2.18. The van der Waals surface area contributed by atoms with Crippen molar-refractivity contribution in [1.29, 1.82) is 0 Å². The van der Waals surface area contributed by atoms with E-state index in [1.165, 1.54) is 25.7 Å². The highest BCUT2D eigenvalue weighted by atomic mass is 15.3. The molecule has 0 radical (unpaired) electrons. The average molecular weight is 235 g/mol. The normalized spacial score (nSPS) is 24.4. The number of hydrogen-bond acceptors (Lipinski definition) is 5. The second-order valence-corrected chi connectivity index (χ2v) is 4.95. The minimum Gasteiger partial charge on any atom is -0.368 e. The third-order valence-electron chi connectivity index (χ3n) is 3.40. The van der Waals surface area contributed by atoms with Gasteiger partial charge in [-0.2, -0.15) is 0 Å². The van der Waals surface area contributed by atoms with Gasteiger partial charge in [-0.15, -0.1) is 0 Å². The summed E-state index contributed by atoms with van der Waals surface area (Å²) in [6.45, 7) is 3.32. The van der Waals surface area contributed by atoms with Crippen molar-refractivity contribution in [1.82, 2.24) is 9.97 Å². The maximum Gasteiger partial charge on any atom is 0.160 e. The molecule has 0 aromatic carbocycles. The van der Waals surface area contributed by atoms with E-state index in [0.29, 0.717) is 5.82 Å². The number of nitrogen functional groups attached to an aromatic ring is 1. The fraction of sp³-hybridized carbons (Fsp3) is 0.667. The number of anilines is 2. The molecule has 0 bridgehead atoms. The summed E-state index contributed by atoms with van der Waals surface area (Å²) >= 11 is 0. The van der Waals surface area contributed by atoms with Gasteiger partial charge in [0.25, 0.3) is 0 Å². The Labute approximate surface area is 102 Å². The molecule has 17 heavy (non-hydrogen) atoms. The van der Waals surface area contributed by atoms with Crippen LogP contribution >= 0.6 is 0 Å². The Kier molecular flexibility index (Phi) is 4.14. The summed E-state index contributed by atoms with van der Waals surface area (Å²) in [5.41, 5.74) is 2.50. The van der Waals surface area contributed by atoms with Crippen LogP contribution in [-0.2, 0) is 0 Å². The number of rotatable bonds is 4. The van der Waals surface area contributed by atoms with Gasteiger partial charge in [-0.25, -0.2) is 10.8 Å². The lowest BCUT2D eigenvalue weighted by Gasteiger charge is -2.26. The first kappa shape index (κ1) is 12.1. The Morgan fingerprint density at radius 3 is 2.94 bits per heavy atom. The van der Waals surface area contributed by atoms with Crippen molar-refractivity contribution in [3.63, 3.8) is 0 Å². The molecule has 4 N–H and O–H groups in total. The summed E-state index contributed by atoms with van der Waals surface area (Å²) in [5, 5.41) is 3.34. The average Bonchev–Trinajstić information content (AvgIpc) is 2.37. The van der Waals surface area contributed by atoms with Crippen LogP contribution in [0, 0.1) is 11.8 Å². The Balaban J connectivity index is 1.84. The minimum atomic E-state index is 0.590. The van der Waals surface area contributed by atoms with Crippen molar-refractivity contribution in [3.05, 3.63) is 12.4 Å². The third-order valence-corrected chi connectivity index (χ3v) is 3.40. The zero-order chi connectivity index (χ0) is 12.1. The summed E-state index contributed by atoms with van der Waals surface area (Å²) in [6, 6.07) is 0. The van der Waals surface area contributed by atoms with Gasteiger partial charge in [-0.1, -0.05) is 19.8 Å². The number of hydrogen-bond donors (Lipinski definition) is 3. The van der Waals surface area contributed by atoms with Gasteiger partial charge in [0, 0.05) is 6.54 Å². The van der Waals surface area contributed by atoms with E-state index in [9.17, 15) is 0 Å². The van der Waals surface area contributed by atoms with Gasteiger partial charge in [0.15, 0.2) is 5.82 Å². The molecule has 5 nitrogen and oxygen atoms in total. The van der Waals surface area contributed by atoms with E-state index in [4.69, 9.17) is 5.84 Å². The van der Waals surface area contributed by atoms with Gasteiger partial charge in [-0.05, 0) is 24.7 Å². The molecule has 1 aliphatic carbocycles. The molecule has 2 atom stereocenters. The molecule has 0 saturated heterocycles. The fourth-order valence-electron chi connectivity index (χ4n) is 2.51. The lowest BCUT2D eigenvalue weighted by atomic mass is 9.82. The van der Waals surface area contributed by atoms with Crippen LogP contribution in [0.15, 0.2) is 12.4 Å². The van der Waals surface area contributed by atoms with E-state index in [2.05, 4.69) is 27.6 Å². The predicted molar refractivity (Wildman–Crippen MR) is 69.5 cm³/mol. The molecule has 1 saturated carbocycles. The lowest BCUT2D eigenvalue weighted by Crippen LogP contribution is -2.21. The SMILES string of the molecule is CC1CCCC(CNc2cncc(NN)n2)C1. The Morgan fingerprint density at radius 2 is 2.18 bits per heavy atom. The molecule has 1 fully saturated rings. The van der Waals surface area contributed by atoms with Crippen LogP contribution in [0.2, 0.25) is 0 Å². The maximum absolute atomic E-state index is 5.30. The largest absolute Gasteiger partial charge is 0.368 e. The van der Waals surface area contributed by atoms with E-state index in [1.807, 2.05) is 0 Å². The molecule has 1 heterocycles. The van der Waals surface area contributed by atoms with E-state index >= 15 is 0 Å². The zero-order valence-corrected chi connectivity index (χ0v) is 10.3. The van der Waals surface area contributed by atoms with E-state index < -0.39 is 0 Å². The molecule has 0 spiro atoms. The van der Waals surface area contributed by atoms with Gasteiger partial charge in [-0.3, -0.25) is 4.98 Å². The lowest BCUT2D eigenvalue weighted by molar-refractivity contribution is 0.293. The topological polar surface area (TPSA) is 75.9 Å². The second kappa shape index (κ2) is 5.82. The van der Waals surface area contributed by atoms with Crippen molar-refractivity contribution < 1.29 is 0 Å². The van der Waals surface area contributed by atoms with Gasteiger partial charge < -0.3 is 10.7 Å². The standard InChI is InChI=1S/C12H21N5/c1-9-3-2-4-10(5-9)6-15-11-7-14-8-12(16-11)17-13/h7-10H,2-6,13H2,1H3,(H2,15,16,17). The molecular weight excluding hydrogens is 214 g/mol. The smallest absolute Gasteiger partial charge is 0.160 e. The van der Waals surface area contributed by atoms with E-state index in [0.717, 1.165) is 24.2 Å². The van der Waals surface area contributed by atoms with Gasteiger partial charge in [0.05, 0.1) is 12.4 Å². The number of nitrogens with zero attached hydrogens (tertiary/aromatic N) is 2. The second-order valence-electron chi connectivity index (χ2n) is 4.95. The molecular formula is C12H21N5. The number of nitrogens with one attached hydrogen (secondary N) is 2. The van der Waals surface area contributed by atoms with Crippen LogP contribution < -0.4 is 16.6 Å². The quantitative estimate of drug-likeness (QED) is 0.549. The van der Waals surface area contributed by atoms with Crippen LogP contribution in [0.1, 0.15) is 32.6 Å². The van der Waals surface area contributed by atoms with Crippen molar-refractivity contribution in [2.75, 3.05) is 17.3 Å². The summed E-state index contributed by atoms with van der Waals surface area (Å²) in [6.07, 6.45) is 8.70. The maximum atomic E-state index is 5.30. The van der Waals surface area contributed by atoms with Crippen LogP contribution in [0.5, 0.6) is 0 Å². The van der Waals surface area contributed by atoms with Crippen LogP contribution in [0.3, 0.4) is 0 Å². The molecule has 94 valence electrons. The first-order chi connectivity index (χ1) is 8.28. The number of hydrazine groups is 1. The molecule has 1 aliphatic rings. The molecule has 5 heteroatoms. The monoisotopic (exact) mass is 235 g/mol. The summed E-state index contributed by atoms with van der Waals surface area (Å²) < 4.78 is 0. The summed E-state index contributed by atoms with van der Waals surface area (Å²) in [7, 11) is 0. The van der Waals surface area contributed by atoms with Gasteiger partial charge in [0.2, 0.25) is 0 Å². The zero-order valence-electron chi connectivity index (χ0n) is 10.3. The molecule has 0 amide bonds. The highest BCUT2D eigenvalue weighted by Crippen LogP contribution is 2.28. The van der Waals surface area contributed by atoms with Gasteiger partial charge >= 0.3 is 0 Å². The Morgan fingerprint density at radius 1 is 1.35 bits per heavy atom. The molecule has 1 aromatic rings. The molecule has 2 rings (SSSR count). The predicted octanol–water partition coefficient (Wildman–Crippen LogP) is 2.00.